The van der Waals surface area contributed by atoms with E-state index >= 15 is 0 Å². The van der Waals surface area contributed by atoms with Gasteiger partial charge in [-0.2, -0.15) is 0 Å². The van der Waals surface area contributed by atoms with Gasteiger partial charge in [-0.25, -0.2) is 9.97 Å². The highest BCUT2D eigenvalue weighted by molar-refractivity contribution is 5.93. The van der Waals surface area contributed by atoms with Crippen LogP contribution in [-0.4, -0.2) is 89.1 Å². The maximum absolute atomic E-state index is 4.77. The van der Waals surface area contributed by atoms with E-state index in [-0.39, 0.29) is 0 Å². The number of rotatable bonds is 8. The molecule has 4 heterocycles. The number of likely N-dealkylation sites (N-methyl/N-ethyl adjacent to an activating group) is 1. The van der Waals surface area contributed by atoms with Crippen molar-refractivity contribution < 1.29 is 0 Å². The van der Waals surface area contributed by atoms with Crippen LogP contribution in [0, 0.1) is 6.92 Å². The van der Waals surface area contributed by atoms with Crippen molar-refractivity contribution in [2.75, 3.05) is 58.7 Å². The van der Waals surface area contributed by atoms with Crippen LogP contribution in [0.25, 0.3) is 22.0 Å². The molecule has 41 heavy (non-hydrogen) atoms. The summed E-state index contributed by atoms with van der Waals surface area (Å²) >= 11 is 0. The van der Waals surface area contributed by atoms with Crippen LogP contribution in [-0.2, 0) is 0 Å². The lowest BCUT2D eigenvalue weighted by Gasteiger charge is -2.34. The molecule has 0 amide bonds. The lowest BCUT2D eigenvalue weighted by molar-refractivity contribution is 0.190. The zero-order valence-corrected chi connectivity index (χ0v) is 25.0. The summed E-state index contributed by atoms with van der Waals surface area (Å²) in [6.45, 7) is 19.3. The van der Waals surface area contributed by atoms with E-state index < -0.39 is 0 Å². The predicted molar refractivity (Wildman–Crippen MR) is 172 cm³/mol. The molecule has 2 saturated heterocycles. The van der Waals surface area contributed by atoms with Crippen molar-refractivity contribution in [1.29, 1.82) is 0 Å². The number of piperazine rings is 1. The molecule has 0 aliphatic carbocycles. The molecule has 7 nitrogen and oxygen atoms in total. The number of fused-ring (bicyclic) bond motifs is 1. The van der Waals surface area contributed by atoms with Crippen molar-refractivity contribution >= 4 is 27.9 Å². The lowest BCUT2D eigenvalue weighted by atomic mass is 9.94. The zero-order chi connectivity index (χ0) is 28.9. The molecule has 0 spiro atoms. The van der Waals surface area contributed by atoms with E-state index in [0.717, 1.165) is 108 Å². The summed E-state index contributed by atoms with van der Waals surface area (Å²) in [5, 5.41) is 4.71. The second kappa shape index (κ2) is 12.8. The molecular formula is C34H43N7. The largest absolute Gasteiger partial charge is 0.369 e. The summed E-state index contributed by atoms with van der Waals surface area (Å²) in [5.74, 6) is 0.893. The second-order valence-electron chi connectivity index (χ2n) is 11.4. The summed E-state index contributed by atoms with van der Waals surface area (Å²) in [6, 6.07) is 8.94. The Bertz CT molecular complexity index is 1470. The Morgan fingerprint density at radius 2 is 1.63 bits per heavy atom. The quantitative estimate of drug-likeness (QED) is 0.366. The van der Waals surface area contributed by atoms with Crippen LogP contribution < -0.4 is 5.32 Å². The maximum atomic E-state index is 4.77. The fourth-order valence-corrected chi connectivity index (χ4v) is 5.60. The molecule has 2 aliphatic heterocycles. The average Bonchev–Trinajstić information content (AvgIpc) is 2.99. The Kier molecular flexibility index (Phi) is 8.96. The van der Waals surface area contributed by atoms with E-state index in [1.165, 1.54) is 0 Å². The number of likely N-dealkylation sites (tertiary alicyclic amines) is 1. The molecule has 0 unspecified atom stereocenters. The Balaban J connectivity index is 1.37. The molecule has 0 bridgehead atoms. The van der Waals surface area contributed by atoms with E-state index in [1.807, 2.05) is 13.1 Å². The number of hydrogen-bond acceptors (Lipinski definition) is 7. The maximum Gasteiger partial charge on any atom is 0.137 e. The molecule has 5 rings (SSSR count). The van der Waals surface area contributed by atoms with Crippen LogP contribution >= 0.6 is 0 Å². The smallest absolute Gasteiger partial charge is 0.137 e. The van der Waals surface area contributed by atoms with Gasteiger partial charge in [-0.1, -0.05) is 31.4 Å². The number of benzene rings is 1. The normalized spacial score (nSPS) is 17.9. The number of nitrogens with one attached hydrogen (secondary N) is 1. The molecule has 2 fully saturated rings. The van der Waals surface area contributed by atoms with Crippen LogP contribution in [0.4, 0.5) is 5.82 Å². The fraction of sp³-hybridized carbons (Fsp3) is 0.382. The minimum absolute atomic E-state index is 0.416. The highest BCUT2D eigenvalue weighted by atomic mass is 15.2. The van der Waals surface area contributed by atoms with Crippen molar-refractivity contribution in [3.63, 3.8) is 0 Å². The standard InChI is InChI=1S/C34H43N7/c1-7-27(9-8-24(2)41-18-16-40(6)17-19-41)29-21-31(26(4)35-22-29)25(3)28-10-11-33-32(20-28)34(37-23-36-33)38-30-12-14-39(5)15-13-30/h7-11,20-23,30H,2-3,12-19H2,1,4-6H3,(H,36,37,38)/b9-8-,27-7+. The number of nitrogens with zero attached hydrogens (tertiary/aromatic N) is 6. The predicted octanol–water partition coefficient (Wildman–Crippen LogP) is 5.62. The average molecular weight is 550 g/mol. The van der Waals surface area contributed by atoms with Crippen LogP contribution in [0.3, 0.4) is 0 Å². The van der Waals surface area contributed by atoms with Crippen molar-refractivity contribution in [2.45, 2.75) is 32.7 Å². The molecule has 2 aromatic heterocycles. The van der Waals surface area contributed by atoms with Gasteiger partial charge in [-0.3, -0.25) is 4.98 Å². The van der Waals surface area contributed by atoms with Crippen molar-refractivity contribution in [3.05, 3.63) is 96.3 Å². The SMILES string of the molecule is C=C(c1ccc2ncnc(NC3CCN(C)CC3)c2c1)c1cc(C(/C=C\C(=C)N2CCN(C)CC2)=C/C)cnc1C. The Labute approximate surface area is 245 Å². The van der Waals surface area contributed by atoms with Gasteiger partial charge in [-0.05, 0) is 94.9 Å². The Morgan fingerprint density at radius 3 is 2.37 bits per heavy atom. The van der Waals surface area contributed by atoms with Crippen LogP contribution in [0.15, 0.2) is 73.9 Å². The molecule has 214 valence electrons. The monoisotopic (exact) mass is 549 g/mol. The third-order valence-corrected chi connectivity index (χ3v) is 8.46. The van der Waals surface area contributed by atoms with Gasteiger partial charge < -0.3 is 20.0 Å². The summed E-state index contributed by atoms with van der Waals surface area (Å²) in [7, 11) is 4.35. The van der Waals surface area contributed by atoms with Gasteiger partial charge in [0.25, 0.3) is 0 Å². The number of aromatic nitrogens is 3. The molecule has 3 aromatic rings. The third kappa shape index (κ3) is 6.75. The van der Waals surface area contributed by atoms with Gasteiger partial charge in [-0.15, -0.1) is 0 Å². The number of aryl methyl sites for hydroxylation is 1. The minimum Gasteiger partial charge on any atom is -0.369 e. The highest BCUT2D eigenvalue weighted by Crippen LogP contribution is 2.31. The highest BCUT2D eigenvalue weighted by Gasteiger charge is 2.19. The molecule has 0 atom stereocenters. The summed E-state index contributed by atoms with van der Waals surface area (Å²) in [5.41, 5.74) is 8.12. The molecule has 1 aromatic carbocycles. The first-order chi connectivity index (χ1) is 19.8. The minimum atomic E-state index is 0.416. The van der Waals surface area contributed by atoms with E-state index in [4.69, 9.17) is 4.98 Å². The lowest BCUT2D eigenvalue weighted by Crippen LogP contribution is -2.43. The van der Waals surface area contributed by atoms with E-state index in [1.54, 1.807) is 6.33 Å². The molecular weight excluding hydrogens is 506 g/mol. The number of hydrogen-bond donors (Lipinski definition) is 1. The number of allylic oxidation sites excluding steroid dienone is 4. The van der Waals surface area contributed by atoms with Gasteiger partial charge in [0.1, 0.15) is 12.1 Å². The van der Waals surface area contributed by atoms with E-state index in [2.05, 4.69) is 107 Å². The first-order valence-corrected chi connectivity index (χ1v) is 14.7. The van der Waals surface area contributed by atoms with E-state index in [0.29, 0.717) is 6.04 Å². The topological polar surface area (TPSA) is 60.4 Å². The molecule has 7 heteroatoms. The number of pyridine rings is 1. The second-order valence-corrected chi connectivity index (χ2v) is 11.4. The molecule has 1 N–H and O–H groups in total. The third-order valence-electron chi connectivity index (χ3n) is 8.46. The van der Waals surface area contributed by atoms with Gasteiger partial charge >= 0.3 is 0 Å². The van der Waals surface area contributed by atoms with Crippen LogP contribution in [0.2, 0.25) is 0 Å². The summed E-state index contributed by atoms with van der Waals surface area (Å²) < 4.78 is 0. The van der Waals surface area contributed by atoms with Crippen LogP contribution in [0.5, 0.6) is 0 Å². The van der Waals surface area contributed by atoms with Crippen molar-refractivity contribution in [2.24, 2.45) is 0 Å². The first-order valence-electron chi connectivity index (χ1n) is 14.7. The summed E-state index contributed by atoms with van der Waals surface area (Å²) in [6.07, 6.45) is 12.2. The number of anilines is 1. The molecule has 0 saturated carbocycles. The Hall–Kier alpha value is -3.81. The van der Waals surface area contributed by atoms with Crippen LogP contribution in [0.1, 0.15) is 42.1 Å². The van der Waals surface area contributed by atoms with Gasteiger partial charge in [0.15, 0.2) is 0 Å². The molecule has 2 aliphatic rings. The van der Waals surface area contributed by atoms with Crippen molar-refractivity contribution in [3.8, 4) is 0 Å². The Morgan fingerprint density at radius 1 is 0.902 bits per heavy atom. The first kappa shape index (κ1) is 28.7. The fourth-order valence-electron chi connectivity index (χ4n) is 5.60. The van der Waals surface area contributed by atoms with Gasteiger partial charge in [0.2, 0.25) is 0 Å². The zero-order valence-electron chi connectivity index (χ0n) is 25.0. The van der Waals surface area contributed by atoms with E-state index in [9.17, 15) is 0 Å². The number of piperidine rings is 1. The molecule has 0 radical (unpaired) electrons. The van der Waals surface area contributed by atoms with Gasteiger partial charge in [0, 0.05) is 66.3 Å². The summed E-state index contributed by atoms with van der Waals surface area (Å²) in [4.78, 5) is 21.0. The van der Waals surface area contributed by atoms with Crippen molar-refractivity contribution in [1.82, 2.24) is 29.7 Å². The van der Waals surface area contributed by atoms with Gasteiger partial charge in [0.05, 0.1) is 5.52 Å².